The minimum absolute atomic E-state index is 0.0309. The maximum Gasteiger partial charge on any atom is 0.270 e. The molecule has 4 rings (SSSR count). The number of methoxy groups -OCH3 is 1. The normalized spacial score (nSPS) is 23.7. The number of anilines is 2. The molecule has 1 saturated carbocycles. The molecule has 9 heteroatoms. The molecule has 1 amide bonds. The number of piperazine rings is 1. The van der Waals surface area contributed by atoms with Gasteiger partial charge >= 0.3 is 0 Å². The molecule has 32 heavy (non-hydrogen) atoms. The lowest BCUT2D eigenvalue weighted by Gasteiger charge is -2.41. The van der Waals surface area contributed by atoms with Crippen molar-refractivity contribution in [2.75, 3.05) is 36.5 Å². The highest BCUT2D eigenvalue weighted by Crippen LogP contribution is 2.27. The first-order chi connectivity index (χ1) is 15.4. The van der Waals surface area contributed by atoms with Crippen LogP contribution in [0.2, 0.25) is 0 Å². The van der Waals surface area contributed by atoms with E-state index in [2.05, 4.69) is 15.3 Å². The fourth-order valence-electron chi connectivity index (χ4n) is 4.44. The molecule has 0 unspecified atom stereocenters. The van der Waals surface area contributed by atoms with Crippen molar-refractivity contribution in [1.29, 1.82) is 0 Å². The third-order valence-electron chi connectivity index (χ3n) is 6.29. The van der Waals surface area contributed by atoms with Crippen molar-refractivity contribution in [1.82, 2.24) is 15.3 Å². The topological polar surface area (TPSA) is 90.8 Å². The second-order valence-electron chi connectivity index (χ2n) is 8.53. The lowest BCUT2D eigenvalue weighted by atomic mass is 9.93. The van der Waals surface area contributed by atoms with Gasteiger partial charge in [0.25, 0.3) is 5.91 Å². The molecule has 2 heterocycles. The molecule has 1 aromatic heterocycles. The Labute approximate surface area is 187 Å². The number of ether oxygens (including phenoxy) is 1. The van der Waals surface area contributed by atoms with E-state index in [0.717, 1.165) is 12.8 Å². The number of hydrogen-bond donors (Lipinski definition) is 2. The van der Waals surface area contributed by atoms with Crippen LogP contribution in [-0.2, 0) is 0 Å². The van der Waals surface area contributed by atoms with E-state index in [-0.39, 0.29) is 29.9 Å². The Balaban J connectivity index is 1.41. The molecule has 172 valence electrons. The molecule has 2 aromatic rings. The molecule has 2 N–H and O–H groups in total. The van der Waals surface area contributed by atoms with Crippen LogP contribution < -0.4 is 19.9 Å². The third-order valence-corrected chi connectivity index (χ3v) is 6.29. The lowest BCUT2D eigenvalue weighted by Crippen LogP contribution is -2.53. The van der Waals surface area contributed by atoms with Crippen molar-refractivity contribution in [2.45, 2.75) is 50.8 Å². The first-order valence-corrected chi connectivity index (χ1v) is 11.1. The van der Waals surface area contributed by atoms with Crippen molar-refractivity contribution in [3.63, 3.8) is 0 Å². The van der Waals surface area contributed by atoms with Crippen molar-refractivity contribution >= 4 is 17.5 Å². The van der Waals surface area contributed by atoms with E-state index in [4.69, 9.17) is 4.74 Å². The number of nitrogens with zero attached hydrogens (tertiary/aromatic N) is 4. The van der Waals surface area contributed by atoms with Crippen LogP contribution in [0.25, 0.3) is 0 Å². The van der Waals surface area contributed by atoms with Gasteiger partial charge in [0.1, 0.15) is 17.3 Å². The minimum atomic E-state index is -0.310. The summed E-state index contributed by atoms with van der Waals surface area (Å²) >= 11 is 0. The number of hydrogen-bond acceptors (Lipinski definition) is 7. The number of amides is 1. The molecule has 1 aliphatic heterocycles. The molecule has 1 aromatic carbocycles. The van der Waals surface area contributed by atoms with Gasteiger partial charge in [-0.1, -0.05) is 0 Å². The van der Waals surface area contributed by atoms with Gasteiger partial charge in [0.15, 0.2) is 0 Å². The summed E-state index contributed by atoms with van der Waals surface area (Å²) in [6.45, 7) is 3.86. The summed E-state index contributed by atoms with van der Waals surface area (Å²) in [6, 6.07) is 6.60. The number of halogens is 1. The summed E-state index contributed by atoms with van der Waals surface area (Å²) in [5.74, 6) is 0.460. The highest BCUT2D eigenvalue weighted by Gasteiger charge is 2.28. The van der Waals surface area contributed by atoms with Crippen LogP contribution >= 0.6 is 0 Å². The first-order valence-electron chi connectivity index (χ1n) is 11.1. The zero-order valence-corrected chi connectivity index (χ0v) is 18.5. The zero-order valence-electron chi connectivity index (χ0n) is 18.5. The first kappa shape index (κ1) is 22.3. The van der Waals surface area contributed by atoms with E-state index in [9.17, 15) is 14.3 Å². The van der Waals surface area contributed by atoms with Gasteiger partial charge in [-0.15, -0.1) is 0 Å². The van der Waals surface area contributed by atoms with Crippen molar-refractivity contribution in [3.05, 3.63) is 42.0 Å². The largest absolute Gasteiger partial charge is 0.497 e. The number of rotatable bonds is 5. The molecule has 0 bridgehead atoms. The van der Waals surface area contributed by atoms with Crippen molar-refractivity contribution < 1.29 is 19.0 Å². The maximum absolute atomic E-state index is 14.5. The van der Waals surface area contributed by atoms with Crippen molar-refractivity contribution in [3.8, 4) is 5.75 Å². The van der Waals surface area contributed by atoms with E-state index in [1.807, 2.05) is 16.7 Å². The van der Waals surface area contributed by atoms with E-state index in [1.54, 1.807) is 24.4 Å². The SMILES string of the molecule is COc1ccc(N2CCN(c3nccc(C(=O)NC4CCC(O)CC4)n3)[C@H](C)C2)c(F)c1. The third kappa shape index (κ3) is 4.93. The Kier molecular flexibility index (Phi) is 6.74. The second-order valence-corrected chi connectivity index (χ2v) is 8.53. The van der Waals surface area contributed by atoms with Crippen LogP contribution in [-0.4, -0.2) is 65.9 Å². The zero-order chi connectivity index (χ0) is 22.7. The number of carbonyl (C=O) groups is 1. The lowest BCUT2D eigenvalue weighted by molar-refractivity contribution is 0.0863. The van der Waals surface area contributed by atoms with E-state index >= 15 is 0 Å². The predicted octanol–water partition coefficient (Wildman–Crippen LogP) is 2.37. The average molecular weight is 444 g/mol. The van der Waals surface area contributed by atoms with Crippen LogP contribution in [0.4, 0.5) is 16.0 Å². The van der Waals surface area contributed by atoms with Crippen molar-refractivity contribution in [2.24, 2.45) is 0 Å². The van der Waals surface area contributed by atoms with Gasteiger partial charge in [-0.25, -0.2) is 14.4 Å². The number of aromatic nitrogens is 2. The Morgan fingerprint density at radius 1 is 1.22 bits per heavy atom. The molecular formula is C23H30FN5O3. The predicted molar refractivity (Wildman–Crippen MR) is 120 cm³/mol. The fraction of sp³-hybridized carbons (Fsp3) is 0.522. The number of aliphatic hydroxyl groups is 1. The summed E-state index contributed by atoms with van der Waals surface area (Å²) in [5.41, 5.74) is 0.876. The van der Waals surface area contributed by atoms with Gasteiger partial charge in [-0.05, 0) is 50.8 Å². The minimum Gasteiger partial charge on any atom is -0.497 e. The van der Waals surface area contributed by atoms with Gasteiger partial charge in [-0.3, -0.25) is 4.79 Å². The standard InChI is InChI=1S/C23H30FN5O3/c1-15-14-28(21-8-7-18(32-2)13-19(21)24)11-12-29(15)23-25-10-9-20(27-23)22(31)26-16-3-5-17(30)6-4-16/h7-10,13,15-17,30H,3-6,11-12,14H2,1-2H3,(H,26,31)/t15-,16?,17?/m1/s1. The summed E-state index contributed by atoms with van der Waals surface area (Å²) in [4.78, 5) is 25.6. The molecule has 0 spiro atoms. The molecular weight excluding hydrogens is 413 g/mol. The molecule has 1 saturated heterocycles. The summed E-state index contributed by atoms with van der Waals surface area (Å²) in [6.07, 6.45) is 4.29. The molecule has 2 fully saturated rings. The quantitative estimate of drug-likeness (QED) is 0.733. The summed E-state index contributed by atoms with van der Waals surface area (Å²) < 4.78 is 19.6. The average Bonchev–Trinajstić information content (AvgIpc) is 2.80. The Morgan fingerprint density at radius 2 is 2.00 bits per heavy atom. The molecule has 1 aliphatic carbocycles. The Morgan fingerprint density at radius 3 is 2.69 bits per heavy atom. The van der Waals surface area contributed by atoms with Crippen LogP contribution in [0, 0.1) is 5.82 Å². The van der Waals surface area contributed by atoms with Gasteiger partial charge in [0.2, 0.25) is 5.95 Å². The molecule has 1 atom stereocenters. The monoisotopic (exact) mass is 443 g/mol. The number of carbonyl (C=O) groups excluding carboxylic acids is 1. The highest BCUT2D eigenvalue weighted by atomic mass is 19.1. The smallest absolute Gasteiger partial charge is 0.270 e. The van der Waals surface area contributed by atoms with Crippen LogP contribution in [0.3, 0.4) is 0 Å². The number of nitrogens with one attached hydrogen (secondary N) is 1. The number of aliphatic hydroxyl groups excluding tert-OH is 1. The van der Waals surface area contributed by atoms with Gasteiger partial charge in [0, 0.05) is 44.0 Å². The Bertz CT molecular complexity index is 951. The highest BCUT2D eigenvalue weighted by molar-refractivity contribution is 5.92. The fourth-order valence-corrected chi connectivity index (χ4v) is 4.44. The maximum atomic E-state index is 14.5. The van der Waals surface area contributed by atoms with E-state index < -0.39 is 0 Å². The molecule has 0 radical (unpaired) electrons. The molecule has 2 aliphatic rings. The van der Waals surface area contributed by atoms with Crippen LogP contribution in [0.5, 0.6) is 5.75 Å². The van der Waals surface area contributed by atoms with E-state index in [1.165, 1.54) is 13.2 Å². The molecule has 8 nitrogen and oxygen atoms in total. The second kappa shape index (κ2) is 9.68. The number of benzene rings is 1. The van der Waals surface area contributed by atoms with Crippen LogP contribution in [0.1, 0.15) is 43.1 Å². The summed E-state index contributed by atoms with van der Waals surface area (Å²) in [7, 11) is 1.52. The Hall–Kier alpha value is -2.94. The van der Waals surface area contributed by atoms with Gasteiger partial charge in [-0.2, -0.15) is 0 Å². The van der Waals surface area contributed by atoms with Gasteiger partial charge in [0.05, 0.1) is 18.9 Å². The van der Waals surface area contributed by atoms with Gasteiger partial charge < -0.3 is 25.0 Å². The van der Waals surface area contributed by atoms with Crippen LogP contribution in [0.15, 0.2) is 30.5 Å². The van der Waals surface area contributed by atoms with E-state index in [0.29, 0.717) is 55.6 Å². The summed E-state index contributed by atoms with van der Waals surface area (Å²) in [5, 5.41) is 12.7.